The van der Waals surface area contributed by atoms with Crippen molar-refractivity contribution in [2.75, 3.05) is 19.5 Å². The SMILES string of the molecule is COc1cc(OC)cc(C(=O)Nc2cc([N+](=O)[O-])ccc2O)c1. The van der Waals surface area contributed by atoms with Gasteiger partial charge >= 0.3 is 0 Å². The molecule has 0 radical (unpaired) electrons. The van der Waals surface area contributed by atoms with E-state index < -0.39 is 10.8 Å². The zero-order chi connectivity index (χ0) is 17.0. The monoisotopic (exact) mass is 318 g/mol. The van der Waals surface area contributed by atoms with Crippen LogP contribution in [0.25, 0.3) is 0 Å². The summed E-state index contributed by atoms with van der Waals surface area (Å²) in [4.78, 5) is 22.4. The molecule has 0 aliphatic heterocycles. The lowest BCUT2D eigenvalue weighted by atomic mass is 10.1. The van der Waals surface area contributed by atoms with Crippen LogP contribution < -0.4 is 14.8 Å². The van der Waals surface area contributed by atoms with Gasteiger partial charge in [-0.25, -0.2) is 0 Å². The largest absolute Gasteiger partial charge is 0.506 e. The number of ether oxygens (including phenoxy) is 2. The molecule has 2 N–H and O–H groups in total. The highest BCUT2D eigenvalue weighted by Crippen LogP contribution is 2.29. The molecule has 8 nitrogen and oxygen atoms in total. The van der Waals surface area contributed by atoms with Crippen LogP contribution >= 0.6 is 0 Å². The van der Waals surface area contributed by atoms with E-state index in [0.29, 0.717) is 11.5 Å². The summed E-state index contributed by atoms with van der Waals surface area (Å²) in [6, 6.07) is 7.91. The minimum absolute atomic E-state index is 0.0639. The predicted octanol–water partition coefficient (Wildman–Crippen LogP) is 2.57. The van der Waals surface area contributed by atoms with Crippen molar-refractivity contribution in [3.05, 3.63) is 52.1 Å². The molecule has 23 heavy (non-hydrogen) atoms. The Bertz CT molecular complexity index is 737. The van der Waals surface area contributed by atoms with E-state index in [1.54, 1.807) is 6.07 Å². The molecular weight excluding hydrogens is 304 g/mol. The van der Waals surface area contributed by atoms with Crippen LogP contribution in [0, 0.1) is 10.1 Å². The Kier molecular flexibility index (Phi) is 4.65. The Morgan fingerprint density at radius 1 is 1.13 bits per heavy atom. The maximum atomic E-state index is 12.3. The van der Waals surface area contributed by atoms with Crippen LogP contribution in [0.1, 0.15) is 10.4 Å². The second-order valence-electron chi connectivity index (χ2n) is 4.51. The number of phenolic OH excluding ortho intramolecular Hbond substituents is 1. The van der Waals surface area contributed by atoms with Crippen LogP contribution in [0.15, 0.2) is 36.4 Å². The van der Waals surface area contributed by atoms with Gasteiger partial charge in [0.15, 0.2) is 0 Å². The smallest absolute Gasteiger partial charge is 0.271 e. The number of amides is 1. The fraction of sp³-hybridized carbons (Fsp3) is 0.133. The fourth-order valence-electron chi connectivity index (χ4n) is 1.87. The van der Waals surface area contributed by atoms with Gasteiger partial charge in [0.25, 0.3) is 11.6 Å². The number of hydrogen-bond acceptors (Lipinski definition) is 6. The predicted molar refractivity (Wildman–Crippen MR) is 82.3 cm³/mol. The summed E-state index contributed by atoms with van der Waals surface area (Å²) in [7, 11) is 2.89. The fourth-order valence-corrected chi connectivity index (χ4v) is 1.87. The van der Waals surface area contributed by atoms with Gasteiger partial charge in [0.05, 0.1) is 24.8 Å². The number of rotatable bonds is 5. The van der Waals surface area contributed by atoms with E-state index in [2.05, 4.69) is 5.32 Å². The first-order valence-electron chi connectivity index (χ1n) is 6.46. The standard InChI is InChI=1S/C15H14N2O6/c1-22-11-5-9(6-12(8-11)23-2)15(19)16-13-7-10(17(20)21)3-4-14(13)18/h3-8,18H,1-2H3,(H,16,19). The van der Waals surface area contributed by atoms with Crippen molar-refractivity contribution < 1.29 is 24.3 Å². The van der Waals surface area contributed by atoms with Gasteiger partial charge in [0.1, 0.15) is 17.2 Å². The van der Waals surface area contributed by atoms with Crippen molar-refractivity contribution in [2.24, 2.45) is 0 Å². The summed E-state index contributed by atoms with van der Waals surface area (Å²) < 4.78 is 10.1. The van der Waals surface area contributed by atoms with Gasteiger partial charge < -0.3 is 19.9 Å². The van der Waals surface area contributed by atoms with E-state index in [4.69, 9.17) is 9.47 Å². The van der Waals surface area contributed by atoms with Crippen molar-refractivity contribution >= 4 is 17.3 Å². The number of anilines is 1. The Morgan fingerprint density at radius 3 is 2.26 bits per heavy atom. The highest BCUT2D eigenvalue weighted by molar-refractivity contribution is 6.05. The van der Waals surface area contributed by atoms with Crippen molar-refractivity contribution in [1.82, 2.24) is 0 Å². The molecule has 2 rings (SSSR count). The maximum Gasteiger partial charge on any atom is 0.271 e. The van der Waals surface area contributed by atoms with Crippen LogP contribution in [0.4, 0.5) is 11.4 Å². The summed E-state index contributed by atoms with van der Waals surface area (Å²) in [6.45, 7) is 0. The van der Waals surface area contributed by atoms with Crippen molar-refractivity contribution in [2.45, 2.75) is 0 Å². The zero-order valence-corrected chi connectivity index (χ0v) is 12.4. The molecule has 0 atom stereocenters. The number of benzene rings is 2. The van der Waals surface area contributed by atoms with E-state index >= 15 is 0 Å². The number of phenols is 1. The quantitative estimate of drug-likeness (QED) is 0.498. The Morgan fingerprint density at radius 2 is 1.74 bits per heavy atom. The molecule has 0 spiro atoms. The third-order valence-electron chi connectivity index (χ3n) is 3.05. The molecule has 0 aliphatic carbocycles. The summed E-state index contributed by atoms with van der Waals surface area (Å²) in [5, 5.41) is 22.9. The van der Waals surface area contributed by atoms with Crippen molar-refractivity contribution in [3.8, 4) is 17.2 Å². The minimum Gasteiger partial charge on any atom is -0.506 e. The average molecular weight is 318 g/mol. The lowest BCUT2D eigenvalue weighted by Gasteiger charge is -2.10. The minimum atomic E-state index is -0.621. The Labute approximate surface area is 131 Å². The van der Waals surface area contributed by atoms with E-state index in [0.717, 1.165) is 18.2 Å². The first kappa shape index (κ1) is 16.1. The lowest BCUT2D eigenvalue weighted by Crippen LogP contribution is -2.12. The molecule has 0 fully saturated rings. The van der Waals surface area contributed by atoms with Crippen LogP contribution in [0.2, 0.25) is 0 Å². The normalized spacial score (nSPS) is 10.0. The van der Waals surface area contributed by atoms with Crippen LogP contribution in [-0.2, 0) is 0 Å². The van der Waals surface area contributed by atoms with Crippen LogP contribution in [0.3, 0.4) is 0 Å². The van der Waals surface area contributed by atoms with Gasteiger partial charge in [0.2, 0.25) is 0 Å². The molecule has 2 aromatic rings. The third-order valence-corrected chi connectivity index (χ3v) is 3.05. The molecule has 2 aromatic carbocycles. The first-order valence-corrected chi connectivity index (χ1v) is 6.46. The molecule has 120 valence electrons. The molecule has 0 saturated carbocycles. The second-order valence-corrected chi connectivity index (χ2v) is 4.51. The van der Waals surface area contributed by atoms with Gasteiger partial charge in [-0.05, 0) is 18.2 Å². The van der Waals surface area contributed by atoms with Gasteiger partial charge in [-0.2, -0.15) is 0 Å². The van der Waals surface area contributed by atoms with Gasteiger partial charge in [-0.3, -0.25) is 14.9 Å². The van der Waals surface area contributed by atoms with E-state index in [1.165, 1.54) is 26.4 Å². The number of nitro groups is 1. The number of nitrogens with one attached hydrogen (secondary N) is 1. The van der Waals surface area contributed by atoms with Crippen molar-refractivity contribution in [1.29, 1.82) is 0 Å². The second kappa shape index (κ2) is 6.65. The summed E-state index contributed by atoms with van der Waals surface area (Å²) >= 11 is 0. The van der Waals surface area contributed by atoms with Gasteiger partial charge in [-0.1, -0.05) is 0 Å². The zero-order valence-electron chi connectivity index (χ0n) is 12.4. The number of carbonyl (C=O) groups is 1. The van der Waals surface area contributed by atoms with E-state index in [1.807, 2.05) is 0 Å². The number of methoxy groups -OCH3 is 2. The number of hydrogen-bond donors (Lipinski definition) is 2. The molecule has 0 unspecified atom stereocenters. The number of carbonyl (C=O) groups excluding carboxylic acids is 1. The molecule has 0 aromatic heterocycles. The average Bonchev–Trinajstić information content (AvgIpc) is 2.55. The highest BCUT2D eigenvalue weighted by Gasteiger charge is 2.15. The number of non-ortho nitro benzene ring substituents is 1. The molecule has 8 heteroatoms. The molecular formula is C15H14N2O6. The van der Waals surface area contributed by atoms with Crippen molar-refractivity contribution in [3.63, 3.8) is 0 Å². The first-order chi connectivity index (χ1) is 10.9. The highest BCUT2D eigenvalue weighted by atomic mass is 16.6. The molecule has 0 bridgehead atoms. The topological polar surface area (TPSA) is 111 Å². The van der Waals surface area contributed by atoms with Gasteiger partial charge in [0, 0.05) is 23.8 Å². The number of aromatic hydroxyl groups is 1. The van der Waals surface area contributed by atoms with E-state index in [-0.39, 0.29) is 22.7 Å². The molecule has 0 saturated heterocycles. The van der Waals surface area contributed by atoms with E-state index in [9.17, 15) is 20.0 Å². The molecule has 1 amide bonds. The number of nitro benzene ring substituents is 1. The third kappa shape index (κ3) is 3.67. The Balaban J connectivity index is 2.32. The summed E-state index contributed by atoms with van der Waals surface area (Å²) in [5.74, 6) is -0.0210. The summed E-state index contributed by atoms with van der Waals surface area (Å²) in [6.07, 6.45) is 0. The van der Waals surface area contributed by atoms with Gasteiger partial charge in [-0.15, -0.1) is 0 Å². The summed E-state index contributed by atoms with van der Waals surface area (Å²) in [5.41, 5.74) is -0.0978. The number of nitrogens with zero attached hydrogens (tertiary/aromatic N) is 1. The lowest BCUT2D eigenvalue weighted by molar-refractivity contribution is -0.384. The maximum absolute atomic E-state index is 12.3. The molecule has 0 aliphatic rings. The van der Waals surface area contributed by atoms with Crippen LogP contribution in [0.5, 0.6) is 17.2 Å². The Hall–Kier alpha value is -3.29. The van der Waals surface area contributed by atoms with Crippen LogP contribution in [-0.4, -0.2) is 30.2 Å². The molecule has 0 heterocycles.